The predicted octanol–water partition coefficient (Wildman–Crippen LogP) is 5.57. The molecule has 0 atom stereocenters. The smallest absolute Gasteiger partial charge is 0.131 e. The Hall–Kier alpha value is -2.36. The Labute approximate surface area is 156 Å². The first-order valence-corrected chi connectivity index (χ1v) is 8.53. The molecule has 5 heteroatoms. The van der Waals surface area contributed by atoms with Crippen LogP contribution in [0.15, 0.2) is 78.0 Å². The van der Waals surface area contributed by atoms with Crippen LogP contribution in [0.3, 0.4) is 0 Å². The van der Waals surface area contributed by atoms with Gasteiger partial charge in [0.2, 0.25) is 0 Å². The molecule has 0 saturated carbocycles. The maximum absolute atomic E-state index is 9.08. The van der Waals surface area contributed by atoms with Gasteiger partial charge in [0, 0.05) is 12.6 Å². The lowest BCUT2D eigenvalue weighted by molar-refractivity contribution is 0.319. The number of rotatable bonds is 5. The number of benzene rings is 2. The van der Waals surface area contributed by atoms with E-state index in [1.54, 1.807) is 12.1 Å². The normalized spacial score (nSPS) is 11.8. The molecule has 1 heterocycles. The Balaban J connectivity index is 2.36. The maximum Gasteiger partial charge on any atom is 0.131 e. The molecule has 0 amide bonds. The van der Waals surface area contributed by atoms with Crippen LogP contribution in [0.2, 0.25) is 10.3 Å². The van der Waals surface area contributed by atoms with Crippen molar-refractivity contribution in [3.63, 3.8) is 0 Å². The summed E-state index contributed by atoms with van der Waals surface area (Å²) < 4.78 is 0. The SMILES string of the molecule is O/N=C/CC(c1ccccc1)(c1ccccc1)c1cc(Cl)nc(Cl)c1. The van der Waals surface area contributed by atoms with Crippen LogP contribution in [-0.4, -0.2) is 16.4 Å². The van der Waals surface area contributed by atoms with E-state index in [9.17, 15) is 0 Å². The van der Waals surface area contributed by atoms with Crippen LogP contribution in [0, 0.1) is 0 Å². The molecule has 0 fully saturated rings. The number of oxime groups is 1. The molecule has 0 aliphatic rings. The molecule has 0 radical (unpaired) electrons. The lowest BCUT2D eigenvalue weighted by atomic mass is 9.68. The van der Waals surface area contributed by atoms with Gasteiger partial charge in [0.15, 0.2) is 0 Å². The number of nitrogens with zero attached hydrogens (tertiary/aromatic N) is 2. The van der Waals surface area contributed by atoms with Gasteiger partial charge in [-0.3, -0.25) is 0 Å². The fraction of sp³-hybridized carbons (Fsp3) is 0.100. The maximum atomic E-state index is 9.08. The van der Waals surface area contributed by atoms with Crippen LogP contribution in [0.25, 0.3) is 0 Å². The zero-order valence-corrected chi connectivity index (χ0v) is 14.8. The lowest BCUT2D eigenvalue weighted by Gasteiger charge is -2.35. The van der Waals surface area contributed by atoms with Crippen molar-refractivity contribution in [1.29, 1.82) is 0 Å². The van der Waals surface area contributed by atoms with Crippen LogP contribution < -0.4 is 0 Å². The number of hydrogen-bond acceptors (Lipinski definition) is 3. The quantitative estimate of drug-likeness (QED) is 0.276. The van der Waals surface area contributed by atoms with Crippen molar-refractivity contribution >= 4 is 29.4 Å². The van der Waals surface area contributed by atoms with E-state index in [4.69, 9.17) is 28.4 Å². The van der Waals surface area contributed by atoms with Crippen molar-refractivity contribution in [2.24, 2.45) is 5.16 Å². The second kappa shape index (κ2) is 7.68. The highest BCUT2D eigenvalue weighted by Crippen LogP contribution is 2.42. The number of hydrogen-bond donors (Lipinski definition) is 1. The predicted molar refractivity (Wildman–Crippen MR) is 102 cm³/mol. The molecule has 3 aromatic rings. The van der Waals surface area contributed by atoms with Gasteiger partial charge in [-0.05, 0) is 28.8 Å². The Morgan fingerprint density at radius 3 is 1.76 bits per heavy atom. The molecule has 2 aromatic carbocycles. The van der Waals surface area contributed by atoms with Gasteiger partial charge in [-0.1, -0.05) is 83.9 Å². The first-order valence-electron chi connectivity index (χ1n) is 7.77. The van der Waals surface area contributed by atoms with Crippen molar-refractivity contribution in [3.05, 3.63) is 99.8 Å². The van der Waals surface area contributed by atoms with E-state index in [2.05, 4.69) is 10.1 Å². The monoisotopic (exact) mass is 370 g/mol. The average molecular weight is 371 g/mol. The van der Waals surface area contributed by atoms with Gasteiger partial charge in [-0.2, -0.15) is 0 Å². The van der Waals surface area contributed by atoms with Crippen LogP contribution >= 0.6 is 23.2 Å². The summed E-state index contributed by atoms with van der Waals surface area (Å²) in [5, 5.41) is 13.0. The van der Waals surface area contributed by atoms with Crippen LogP contribution in [0.1, 0.15) is 23.1 Å². The molecule has 0 unspecified atom stereocenters. The number of pyridine rings is 1. The summed E-state index contributed by atoms with van der Waals surface area (Å²) in [5.41, 5.74) is 2.36. The molecule has 3 nitrogen and oxygen atoms in total. The third-order valence-electron chi connectivity index (χ3n) is 4.27. The summed E-state index contributed by atoms with van der Waals surface area (Å²) in [4.78, 5) is 4.06. The van der Waals surface area contributed by atoms with Crippen LogP contribution in [0.4, 0.5) is 0 Å². The highest BCUT2D eigenvalue weighted by Gasteiger charge is 2.36. The summed E-state index contributed by atoms with van der Waals surface area (Å²) in [6.07, 6.45) is 1.93. The third kappa shape index (κ3) is 3.53. The summed E-state index contributed by atoms with van der Waals surface area (Å²) in [7, 11) is 0. The first kappa shape index (κ1) is 17.5. The highest BCUT2D eigenvalue weighted by molar-refractivity contribution is 6.32. The number of aromatic nitrogens is 1. The molecular weight excluding hydrogens is 355 g/mol. The van der Waals surface area contributed by atoms with Crippen molar-refractivity contribution in [2.45, 2.75) is 11.8 Å². The highest BCUT2D eigenvalue weighted by atomic mass is 35.5. The Morgan fingerprint density at radius 2 is 1.32 bits per heavy atom. The zero-order valence-electron chi connectivity index (χ0n) is 13.3. The summed E-state index contributed by atoms with van der Waals surface area (Å²) in [5.74, 6) is 0. The Kier molecular flexibility index (Phi) is 5.37. The molecule has 0 saturated heterocycles. The molecule has 3 rings (SSSR count). The van der Waals surface area contributed by atoms with Gasteiger partial charge in [0.05, 0.1) is 5.41 Å². The average Bonchev–Trinajstić information content (AvgIpc) is 2.63. The molecule has 0 aliphatic heterocycles. The minimum Gasteiger partial charge on any atom is -0.411 e. The van der Waals surface area contributed by atoms with Crippen LogP contribution in [0.5, 0.6) is 0 Å². The summed E-state index contributed by atoms with van der Waals surface area (Å²) in [6, 6.07) is 23.6. The standard InChI is InChI=1S/C20H16Cl2N2O/c21-18-13-17(14-19(22)24-18)20(11-12-23-25,15-7-3-1-4-8-15)16-9-5-2-6-10-16/h1-10,12-14,25H,11H2/b23-12+. The van der Waals surface area contributed by atoms with E-state index < -0.39 is 5.41 Å². The van der Waals surface area contributed by atoms with Gasteiger partial charge in [-0.25, -0.2) is 4.98 Å². The van der Waals surface area contributed by atoms with E-state index in [1.165, 1.54) is 6.21 Å². The zero-order chi connectivity index (χ0) is 17.7. The topological polar surface area (TPSA) is 45.5 Å². The molecule has 1 N–H and O–H groups in total. The fourth-order valence-corrected chi connectivity index (χ4v) is 3.65. The fourth-order valence-electron chi connectivity index (χ4n) is 3.19. The molecule has 0 spiro atoms. The van der Waals surface area contributed by atoms with Crippen molar-refractivity contribution in [1.82, 2.24) is 4.98 Å². The minimum absolute atomic E-state index is 0.319. The molecule has 0 aliphatic carbocycles. The number of halogens is 2. The van der Waals surface area contributed by atoms with Crippen molar-refractivity contribution in [2.75, 3.05) is 0 Å². The molecule has 0 bridgehead atoms. The molecular formula is C20H16Cl2N2O. The largest absolute Gasteiger partial charge is 0.411 e. The first-order chi connectivity index (χ1) is 12.2. The minimum atomic E-state index is -0.606. The van der Waals surface area contributed by atoms with E-state index >= 15 is 0 Å². The van der Waals surface area contributed by atoms with Gasteiger partial charge >= 0.3 is 0 Å². The summed E-state index contributed by atoms with van der Waals surface area (Å²) >= 11 is 12.4. The van der Waals surface area contributed by atoms with E-state index in [0.717, 1.165) is 16.7 Å². The van der Waals surface area contributed by atoms with E-state index in [0.29, 0.717) is 16.7 Å². The second-order valence-electron chi connectivity index (χ2n) is 5.64. The van der Waals surface area contributed by atoms with Crippen molar-refractivity contribution < 1.29 is 5.21 Å². The lowest BCUT2D eigenvalue weighted by Crippen LogP contribution is -2.30. The van der Waals surface area contributed by atoms with E-state index in [-0.39, 0.29) is 0 Å². The van der Waals surface area contributed by atoms with Gasteiger partial charge in [0.1, 0.15) is 10.3 Å². The van der Waals surface area contributed by atoms with Gasteiger partial charge < -0.3 is 5.21 Å². The second-order valence-corrected chi connectivity index (χ2v) is 6.42. The Bertz CT molecular complexity index is 808. The van der Waals surface area contributed by atoms with Gasteiger partial charge in [0.25, 0.3) is 0 Å². The van der Waals surface area contributed by atoms with Crippen molar-refractivity contribution in [3.8, 4) is 0 Å². The molecule has 25 heavy (non-hydrogen) atoms. The Morgan fingerprint density at radius 1 is 0.840 bits per heavy atom. The van der Waals surface area contributed by atoms with Crippen LogP contribution in [-0.2, 0) is 5.41 Å². The molecule has 1 aromatic heterocycles. The van der Waals surface area contributed by atoms with E-state index in [1.807, 2.05) is 60.7 Å². The third-order valence-corrected chi connectivity index (χ3v) is 4.66. The summed E-state index contributed by atoms with van der Waals surface area (Å²) in [6.45, 7) is 0. The van der Waals surface area contributed by atoms with Gasteiger partial charge in [-0.15, -0.1) is 5.16 Å². The molecule has 126 valence electrons.